The van der Waals surface area contributed by atoms with E-state index in [-0.39, 0.29) is 43.9 Å². The van der Waals surface area contributed by atoms with Gasteiger partial charge in [0.15, 0.2) is 11.6 Å². The lowest BCUT2D eigenvalue weighted by Crippen LogP contribution is -2.37. The number of aliphatic hydroxyl groups excluding tert-OH is 1. The quantitative estimate of drug-likeness (QED) is 0.605. The van der Waals surface area contributed by atoms with Gasteiger partial charge in [-0.25, -0.2) is 4.39 Å². The van der Waals surface area contributed by atoms with Gasteiger partial charge in [-0.15, -0.1) is 0 Å². The fourth-order valence-electron chi connectivity index (χ4n) is 3.32. The van der Waals surface area contributed by atoms with Crippen LogP contribution in [0.15, 0.2) is 6.07 Å². The van der Waals surface area contributed by atoms with Crippen molar-refractivity contribution in [1.29, 1.82) is 0 Å². The van der Waals surface area contributed by atoms with Gasteiger partial charge in [0.2, 0.25) is 0 Å². The Morgan fingerprint density at radius 3 is 3.00 bits per heavy atom. The summed E-state index contributed by atoms with van der Waals surface area (Å²) in [6.07, 6.45) is -0.657. The van der Waals surface area contributed by atoms with Gasteiger partial charge < -0.3 is 29.0 Å². The molecule has 1 N–H and O–H groups in total. The molecule has 7 nitrogen and oxygen atoms in total. The van der Waals surface area contributed by atoms with Gasteiger partial charge in [-0.05, 0) is 31.9 Å². The number of halogens is 1. The minimum absolute atomic E-state index is 0.0586. The van der Waals surface area contributed by atoms with Crippen molar-refractivity contribution >= 4 is 5.91 Å². The molecule has 3 atom stereocenters. The molecule has 2 aliphatic heterocycles. The Morgan fingerprint density at radius 1 is 1.50 bits per heavy atom. The summed E-state index contributed by atoms with van der Waals surface area (Å²) in [5.41, 5.74) is 0.391. The fraction of sp³-hybridized carbons (Fsp3) is 0.611. The Kier molecular flexibility index (Phi) is 5.64. The van der Waals surface area contributed by atoms with E-state index in [1.165, 1.54) is 18.1 Å². The molecular formula is C18H24FNO6. The lowest BCUT2D eigenvalue weighted by Gasteiger charge is -2.22. The summed E-state index contributed by atoms with van der Waals surface area (Å²) in [6, 6.07) is 1.28. The second-order valence-electron chi connectivity index (χ2n) is 6.73. The molecule has 0 radical (unpaired) electrons. The molecule has 3 rings (SSSR count). The third-order valence-corrected chi connectivity index (χ3v) is 4.54. The topological polar surface area (TPSA) is 77.5 Å². The van der Waals surface area contributed by atoms with Crippen LogP contribution >= 0.6 is 0 Å². The Balaban J connectivity index is 1.93. The van der Waals surface area contributed by atoms with Crippen molar-refractivity contribution in [3.8, 4) is 11.5 Å². The van der Waals surface area contributed by atoms with Gasteiger partial charge in [0.1, 0.15) is 30.8 Å². The number of hydrogen-bond donors (Lipinski definition) is 1. The van der Waals surface area contributed by atoms with Gasteiger partial charge in [-0.2, -0.15) is 0 Å². The largest absolute Gasteiger partial charge is 0.490 e. The number of amides is 1. The molecular weight excluding hydrogens is 345 g/mol. The zero-order valence-corrected chi connectivity index (χ0v) is 15.2. The lowest BCUT2D eigenvalue weighted by atomic mass is 10.1. The predicted octanol–water partition coefficient (Wildman–Crippen LogP) is 1.49. The van der Waals surface area contributed by atoms with E-state index < -0.39 is 23.9 Å². The van der Waals surface area contributed by atoms with Crippen molar-refractivity contribution < 1.29 is 33.2 Å². The molecule has 26 heavy (non-hydrogen) atoms. The third-order valence-electron chi connectivity index (χ3n) is 4.54. The number of carbonyl (C=O) groups is 1. The Morgan fingerprint density at radius 2 is 2.27 bits per heavy atom. The van der Waals surface area contributed by atoms with Crippen molar-refractivity contribution in [1.82, 2.24) is 4.90 Å². The Hall–Kier alpha value is -1.90. The number of carbonyl (C=O) groups excluding carboxylic acids is 1. The molecule has 1 amide bonds. The van der Waals surface area contributed by atoms with Crippen LogP contribution in [0.2, 0.25) is 0 Å². The highest BCUT2D eigenvalue weighted by Crippen LogP contribution is 2.39. The molecule has 0 unspecified atom stereocenters. The molecule has 0 saturated carbocycles. The standard InChI is InChI=1S/C18H24FNO6/c1-10-4-14-15(17(16(10)19)26-11(2)7-24-9-23-3)18(22)20-6-13(21)5-12(20)8-25-14/h4,11-13,21H,5-9H2,1-3H3/t11-,12-,13+/m1/s1. The monoisotopic (exact) mass is 369 g/mol. The number of methoxy groups -OCH3 is 1. The average molecular weight is 369 g/mol. The number of aliphatic hydroxyl groups is 1. The van der Waals surface area contributed by atoms with E-state index in [0.29, 0.717) is 17.7 Å². The molecule has 1 aromatic rings. The highest BCUT2D eigenvalue weighted by Gasteiger charge is 2.41. The number of aryl methyl sites for hydroxylation is 1. The molecule has 1 fully saturated rings. The van der Waals surface area contributed by atoms with E-state index in [1.807, 2.05) is 0 Å². The first-order chi connectivity index (χ1) is 12.4. The Bertz CT molecular complexity index is 682. The van der Waals surface area contributed by atoms with Crippen molar-refractivity contribution in [3.05, 3.63) is 23.0 Å². The zero-order valence-electron chi connectivity index (χ0n) is 15.2. The number of nitrogens with zero attached hydrogens (tertiary/aromatic N) is 1. The van der Waals surface area contributed by atoms with Crippen LogP contribution in [0.3, 0.4) is 0 Å². The van der Waals surface area contributed by atoms with Crippen LogP contribution in [0.5, 0.6) is 11.5 Å². The van der Waals surface area contributed by atoms with Crippen LogP contribution in [-0.2, 0) is 9.47 Å². The van der Waals surface area contributed by atoms with Gasteiger partial charge in [-0.1, -0.05) is 0 Å². The molecule has 8 heteroatoms. The van der Waals surface area contributed by atoms with Gasteiger partial charge in [0.05, 0.1) is 18.8 Å². The number of rotatable bonds is 6. The second kappa shape index (κ2) is 7.77. The van der Waals surface area contributed by atoms with Crippen LogP contribution in [0.4, 0.5) is 4.39 Å². The number of hydrogen-bond acceptors (Lipinski definition) is 6. The van der Waals surface area contributed by atoms with Crippen LogP contribution in [0.1, 0.15) is 29.3 Å². The molecule has 0 bridgehead atoms. The molecule has 1 saturated heterocycles. The summed E-state index contributed by atoms with van der Waals surface area (Å²) in [4.78, 5) is 14.6. The van der Waals surface area contributed by atoms with Gasteiger partial charge >= 0.3 is 0 Å². The summed E-state index contributed by atoms with van der Waals surface area (Å²) in [5.74, 6) is -0.825. The van der Waals surface area contributed by atoms with Crippen LogP contribution in [-0.4, -0.2) is 67.8 Å². The van der Waals surface area contributed by atoms with E-state index in [2.05, 4.69) is 0 Å². The second-order valence-corrected chi connectivity index (χ2v) is 6.73. The van der Waals surface area contributed by atoms with Gasteiger partial charge in [0.25, 0.3) is 5.91 Å². The first-order valence-electron chi connectivity index (χ1n) is 8.60. The highest BCUT2D eigenvalue weighted by molar-refractivity contribution is 6.00. The number of fused-ring (bicyclic) bond motifs is 2. The maximum absolute atomic E-state index is 14.8. The summed E-state index contributed by atoms with van der Waals surface area (Å²) in [6.45, 7) is 4.04. The summed E-state index contributed by atoms with van der Waals surface area (Å²) in [7, 11) is 1.50. The minimum atomic E-state index is -0.602. The zero-order chi connectivity index (χ0) is 18.8. The SMILES string of the molecule is COCOC[C@@H](C)Oc1c(F)c(C)cc2c1C(=O)N1C[C@@H](O)C[C@@H]1CO2. The lowest BCUT2D eigenvalue weighted by molar-refractivity contribution is -0.0538. The number of benzene rings is 1. The van der Waals surface area contributed by atoms with Crippen LogP contribution in [0, 0.1) is 12.7 Å². The van der Waals surface area contributed by atoms with E-state index in [9.17, 15) is 14.3 Å². The maximum atomic E-state index is 14.8. The van der Waals surface area contributed by atoms with Crippen molar-refractivity contribution in [2.45, 2.75) is 38.5 Å². The van der Waals surface area contributed by atoms with Crippen molar-refractivity contribution in [2.24, 2.45) is 0 Å². The smallest absolute Gasteiger partial charge is 0.261 e. The van der Waals surface area contributed by atoms with Crippen LogP contribution < -0.4 is 9.47 Å². The highest BCUT2D eigenvalue weighted by atomic mass is 19.1. The molecule has 1 aromatic carbocycles. The van der Waals surface area contributed by atoms with Crippen molar-refractivity contribution in [2.75, 3.05) is 33.7 Å². The summed E-state index contributed by atoms with van der Waals surface area (Å²) < 4.78 is 36.3. The Labute approximate surface area is 151 Å². The van der Waals surface area contributed by atoms with E-state index in [4.69, 9.17) is 18.9 Å². The molecule has 0 spiro atoms. The molecule has 144 valence electrons. The van der Waals surface area contributed by atoms with Crippen molar-refractivity contribution in [3.63, 3.8) is 0 Å². The minimum Gasteiger partial charge on any atom is -0.490 e. The molecule has 0 aromatic heterocycles. The predicted molar refractivity (Wildman–Crippen MR) is 90.0 cm³/mol. The summed E-state index contributed by atoms with van der Waals surface area (Å²) in [5, 5.41) is 9.87. The number of ether oxygens (including phenoxy) is 4. The third kappa shape index (κ3) is 3.62. The van der Waals surface area contributed by atoms with Gasteiger partial charge in [0, 0.05) is 13.7 Å². The van der Waals surface area contributed by atoms with Crippen LogP contribution in [0.25, 0.3) is 0 Å². The normalized spacial score (nSPS) is 23.1. The average Bonchev–Trinajstić information content (AvgIpc) is 2.92. The molecule has 2 heterocycles. The van der Waals surface area contributed by atoms with E-state index >= 15 is 0 Å². The first kappa shape index (κ1) is 18.9. The van der Waals surface area contributed by atoms with E-state index in [0.717, 1.165) is 0 Å². The fourth-order valence-corrected chi connectivity index (χ4v) is 3.32. The first-order valence-corrected chi connectivity index (χ1v) is 8.60. The van der Waals surface area contributed by atoms with E-state index in [1.54, 1.807) is 13.8 Å². The van der Waals surface area contributed by atoms with Gasteiger partial charge in [-0.3, -0.25) is 4.79 Å². The summed E-state index contributed by atoms with van der Waals surface area (Å²) >= 11 is 0. The molecule has 2 aliphatic rings. The molecule has 0 aliphatic carbocycles. The maximum Gasteiger partial charge on any atom is 0.261 e.